The molecule has 0 saturated heterocycles. The van der Waals surface area contributed by atoms with Gasteiger partial charge in [0.25, 0.3) is 0 Å². The van der Waals surface area contributed by atoms with Gasteiger partial charge >= 0.3 is 11.6 Å². The van der Waals surface area contributed by atoms with Crippen LogP contribution in [0.3, 0.4) is 0 Å². The van der Waals surface area contributed by atoms with Crippen molar-refractivity contribution in [2.24, 2.45) is 0 Å². The standard InChI is InChI=1S/C27H25NO6/c1-5-33-26(30)22-17(3)28(19-11-13-20(32-4)14-12-19)25(18-9-7-6-8-10-18)24(22)23-21(29)15-16(2)34-27(23)31/h6-15,29H,5H2,1-4H3. The Morgan fingerprint density at radius 3 is 2.29 bits per heavy atom. The second kappa shape index (κ2) is 9.31. The lowest BCUT2D eigenvalue weighted by atomic mass is 9.97. The molecule has 0 aliphatic rings. The highest BCUT2D eigenvalue weighted by Gasteiger charge is 2.32. The molecule has 2 heterocycles. The second-order valence-electron chi connectivity index (χ2n) is 7.71. The van der Waals surface area contributed by atoms with E-state index in [1.165, 1.54) is 6.07 Å². The van der Waals surface area contributed by atoms with Crippen LogP contribution in [-0.2, 0) is 4.74 Å². The van der Waals surface area contributed by atoms with Crippen LogP contribution in [0.2, 0.25) is 0 Å². The summed E-state index contributed by atoms with van der Waals surface area (Å²) in [6.45, 7) is 5.21. The first kappa shape index (κ1) is 22.9. The molecule has 2 aromatic heterocycles. The molecule has 2 aromatic carbocycles. The molecule has 0 saturated carbocycles. The van der Waals surface area contributed by atoms with E-state index < -0.39 is 11.6 Å². The van der Waals surface area contributed by atoms with Gasteiger partial charge in [-0.1, -0.05) is 30.3 Å². The molecule has 0 atom stereocenters. The number of methoxy groups -OCH3 is 1. The van der Waals surface area contributed by atoms with E-state index in [9.17, 15) is 14.7 Å². The van der Waals surface area contributed by atoms with Gasteiger partial charge in [0.15, 0.2) is 0 Å². The fourth-order valence-electron chi connectivity index (χ4n) is 4.14. The molecule has 0 aliphatic heterocycles. The molecule has 7 nitrogen and oxygen atoms in total. The molecule has 4 rings (SSSR count). The summed E-state index contributed by atoms with van der Waals surface area (Å²) in [5, 5.41) is 10.8. The number of aromatic nitrogens is 1. The number of rotatable bonds is 6. The third kappa shape index (κ3) is 3.96. The number of carbonyl (C=O) groups is 1. The Kier molecular flexibility index (Phi) is 6.27. The van der Waals surface area contributed by atoms with Crippen molar-refractivity contribution in [2.75, 3.05) is 13.7 Å². The topological polar surface area (TPSA) is 90.9 Å². The number of aromatic hydroxyl groups is 1. The zero-order valence-corrected chi connectivity index (χ0v) is 19.4. The van der Waals surface area contributed by atoms with Crippen LogP contribution < -0.4 is 10.4 Å². The second-order valence-corrected chi connectivity index (χ2v) is 7.71. The van der Waals surface area contributed by atoms with Crippen LogP contribution in [0.1, 0.15) is 28.7 Å². The Balaban J connectivity index is 2.18. The van der Waals surface area contributed by atoms with Crippen molar-refractivity contribution in [1.82, 2.24) is 4.57 Å². The first-order valence-corrected chi connectivity index (χ1v) is 10.8. The van der Waals surface area contributed by atoms with Crippen molar-refractivity contribution in [3.05, 3.63) is 88.1 Å². The molecule has 0 unspecified atom stereocenters. The molecular weight excluding hydrogens is 434 g/mol. The third-order valence-electron chi connectivity index (χ3n) is 5.57. The quantitative estimate of drug-likeness (QED) is 0.395. The monoisotopic (exact) mass is 459 g/mol. The Labute approximate surface area is 196 Å². The minimum absolute atomic E-state index is 0.0946. The normalized spacial score (nSPS) is 10.8. The molecular formula is C27H25NO6. The lowest BCUT2D eigenvalue weighted by Gasteiger charge is -2.14. The van der Waals surface area contributed by atoms with Crippen molar-refractivity contribution in [3.63, 3.8) is 0 Å². The Hall–Kier alpha value is -4.26. The average molecular weight is 459 g/mol. The summed E-state index contributed by atoms with van der Waals surface area (Å²) in [5.41, 5.74) is 2.19. The van der Waals surface area contributed by atoms with Gasteiger partial charge in [-0.25, -0.2) is 9.59 Å². The molecule has 0 fully saturated rings. The van der Waals surface area contributed by atoms with Gasteiger partial charge in [-0.3, -0.25) is 0 Å². The summed E-state index contributed by atoms with van der Waals surface area (Å²) in [6.07, 6.45) is 0. The van der Waals surface area contributed by atoms with Gasteiger partial charge in [-0.2, -0.15) is 0 Å². The molecule has 0 spiro atoms. The van der Waals surface area contributed by atoms with Crippen LogP contribution in [0.25, 0.3) is 28.1 Å². The largest absolute Gasteiger partial charge is 0.507 e. The van der Waals surface area contributed by atoms with Gasteiger partial charge in [0.1, 0.15) is 22.8 Å². The van der Waals surface area contributed by atoms with Crippen molar-refractivity contribution in [2.45, 2.75) is 20.8 Å². The molecule has 0 bridgehead atoms. The van der Waals surface area contributed by atoms with Crippen LogP contribution in [-0.4, -0.2) is 29.4 Å². The van der Waals surface area contributed by atoms with E-state index in [1.807, 2.05) is 59.2 Å². The Morgan fingerprint density at radius 2 is 1.71 bits per heavy atom. The van der Waals surface area contributed by atoms with Crippen LogP contribution in [0.5, 0.6) is 11.5 Å². The lowest BCUT2D eigenvalue weighted by Crippen LogP contribution is -2.10. The summed E-state index contributed by atoms with van der Waals surface area (Å²) in [4.78, 5) is 26.2. The van der Waals surface area contributed by atoms with E-state index in [-0.39, 0.29) is 34.8 Å². The van der Waals surface area contributed by atoms with E-state index in [4.69, 9.17) is 13.9 Å². The number of benzene rings is 2. The van der Waals surface area contributed by atoms with Crippen molar-refractivity contribution >= 4 is 5.97 Å². The zero-order valence-electron chi connectivity index (χ0n) is 19.4. The van der Waals surface area contributed by atoms with Gasteiger partial charge < -0.3 is 23.6 Å². The summed E-state index contributed by atoms with van der Waals surface area (Å²) >= 11 is 0. The van der Waals surface area contributed by atoms with E-state index in [0.29, 0.717) is 17.1 Å². The number of nitrogens with zero attached hydrogens (tertiary/aromatic N) is 1. The smallest absolute Gasteiger partial charge is 0.347 e. The maximum Gasteiger partial charge on any atom is 0.347 e. The number of esters is 1. The number of ether oxygens (including phenoxy) is 2. The van der Waals surface area contributed by atoms with Gasteiger partial charge in [-0.05, 0) is 50.6 Å². The first-order valence-electron chi connectivity index (χ1n) is 10.8. The minimum atomic E-state index is -0.743. The number of hydrogen-bond donors (Lipinski definition) is 1. The van der Waals surface area contributed by atoms with Crippen molar-refractivity contribution in [3.8, 4) is 39.6 Å². The van der Waals surface area contributed by atoms with Crippen molar-refractivity contribution in [1.29, 1.82) is 0 Å². The predicted molar refractivity (Wildman–Crippen MR) is 129 cm³/mol. The predicted octanol–water partition coefficient (Wildman–Crippen LogP) is 5.27. The average Bonchev–Trinajstić information content (AvgIpc) is 3.11. The van der Waals surface area contributed by atoms with Crippen LogP contribution in [0, 0.1) is 13.8 Å². The molecule has 7 heteroatoms. The van der Waals surface area contributed by atoms with Crippen LogP contribution in [0.15, 0.2) is 69.9 Å². The van der Waals surface area contributed by atoms with Gasteiger partial charge in [0.2, 0.25) is 0 Å². The van der Waals surface area contributed by atoms with Crippen molar-refractivity contribution < 1.29 is 23.8 Å². The molecule has 1 N–H and O–H groups in total. The maximum absolute atomic E-state index is 13.2. The number of carbonyl (C=O) groups excluding carboxylic acids is 1. The van der Waals surface area contributed by atoms with Gasteiger partial charge in [0, 0.05) is 23.0 Å². The minimum Gasteiger partial charge on any atom is -0.507 e. The maximum atomic E-state index is 13.2. The van der Waals surface area contributed by atoms with Crippen LogP contribution in [0.4, 0.5) is 0 Å². The SMILES string of the molecule is CCOC(=O)c1c(-c2c(O)cc(C)oc2=O)c(-c2ccccc2)n(-c2ccc(OC)cc2)c1C. The van der Waals surface area contributed by atoms with E-state index in [1.54, 1.807) is 27.9 Å². The lowest BCUT2D eigenvalue weighted by molar-refractivity contribution is 0.0526. The van der Waals surface area contributed by atoms with Gasteiger partial charge in [-0.15, -0.1) is 0 Å². The summed E-state index contributed by atoms with van der Waals surface area (Å²) in [5.74, 6) is 0.0659. The van der Waals surface area contributed by atoms with E-state index in [2.05, 4.69) is 0 Å². The molecule has 0 aliphatic carbocycles. The Morgan fingerprint density at radius 1 is 1.03 bits per heavy atom. The number of hydrogen-bond acceptors (Lipinski definition) is 6. The third-order valence-corrected chi connectivity index (χ3v) is 5.57. The first-order chi connectivity index (χ1) is 16.4. The highest BCUT2D eigenvalue weighted by atomic mass is 16.5. The zero-order chi connectivity index (χ0) is 24.4. The van der Waals surface area contributed by atoms with Crippen LogP contribution >= 0.6 is 0 Å². The van der Waals surface area contributed by atoms with E-state index >= 15 is 0 Å². The summed E-state index contributed by atoms with van der Waals surface area (Å²) < 4.78 is 17.8. The van der Waals surface area contributed by atoms with Gasteiger partial charge in [0.05, 0.1) is 25.0 Å². The Bertz CT molecular complexity index is 1400. The fourth-order valence-corrected chi connectivity index (χ4v) is 4.14. The molecule has 4 aromatic rings. The molecule has 0 amide bonds. The highest BCUT2D eigenvalue weighted by Crippen LogP contribution is 2.43. The summed E-state index contributed by atoms with van der Waals surface area (Å²) in [7, 11) is 1.59. The fraction of sp³-hybridized carbons (Fsp3) is 0.185. The highest BCUT2D eigenvalue weighted by molar-refractivity contribution is 6.04. The molecule has 34 heavy (non-hydrogen) atoms. The molecule has 0 radical (unpaired) electrons. The van der Waals surface area contributed by atoms with E-state index in [0.717, 1.165) is 11.3 Å². The summed E-state index contributed by atoms with van der Waals surface area (Å²) in [6, 6.07) is 18.0. The molecule has 174 valence electrons. The number of aryl methyl sites for hydroxylation is 1.